The van der Waals surface area contributed by atoms with Crippen LogP contribution in [0.4, 0.5) is 4.39 Å². The van der Waals surface area contributed by atoms with E-state index in [1.165, 1.54) is 30.5 Å². The maximum absolute atomic E-state index is 14.5. The summed E-state index contributed by atoms with van der Waals surface area (Å²) < 4.78 is 14.5. The molecule has 2 N–H and O–H groups in total. The molecule has 1 amide bonds. The Bertz CT molecular complexity index is 890. The molecule has 5 heteroatoms. The van der Waals surface area contributed by atoms with Gasteiger partial charge in [-0.15, -0.1) is 0 Å². The predicted molar refractivity (Wildman–Crippen MR) is 111 cm³/mol. The van der Waals surface area contributed by atoms with Gasteiger partial charge in [-0.25, -0.2) is 4.39 Å². The molecule has 1 atom stereocenters. The van der Waals surface area contributed by atoms with Crippen LogP contribution in [0.1, 0.15) is 54.5 Å². The molecule has 0 radical (unpaired) electrons. The summed E-state index contributed by atoms with van der Waals surface area (Å²) in [4.78, 5) is 14.1. The number of β-amino-alcohol motifs (C(OH)–C–C–N with tert-alkyl or cyclic N) is 1. The fourth-order valence-corrected chi connectivity index (χ4v) is 4.91. The van der Waals surface area contributed by atoms with Gasteiger partial charge >= 0.3 is 0 Å². The lowest BCUT2D eigenvalue weighted by atomic mass is 9.80. The fourth-order valence-electron chi connectivity index (χ4n) is 4.91. The third-order valence-electron chi connectivity index (χ3n) is 6.45. The maximum Gasteiger partial charge on any atom is 0.217 e. The molecule has 1 fully saturated rings. The third kappa shape index (κ3) is 4.21. The van der Waals surface area contributed by atoms with Crippen molar-refractivity contribution in [3.63, 3.8) is 0 Å². The minimum absolute atomic E-state index is 0.153. The summed E-state index contributed by atoms with van der Waals surface area (Å²) in [7, 11) is 0. The number of piperidine rings is 1. The molecule has 1 aliphatic heterocycles. The SMILES string of the molecule is CC(=O)NC1(c2ccccc2F)CCN(CC(O)c2ccc3c(c2)CCC3)CC1. The van der Waals surface area contributed by atoms with Gasteiger partial charge in [-0.05, 0) is 54.9 Å². The van der Waals surface area contributed by atoms with Crippen molar-refractivity contribution >= 4 is 5.91 Å². The van der Waals surface area contributed by atoms with Crippen molar-refractivity contribution in [3.05, 3.63) is 70.5 Å². The number of nitrogens with one attached hydrogen (secondary N) is 1. The first-order chi connectivity index (χ1) is 14.0. The summed E-state index contributed by atoms with van der Waals surface area (Å²) >= 11 is 0. The molecule has 2 aromatic carbocycles. The highest BCUT2D eigenvalue weighted by atomic mass is 19.1. The van der Waals surface area contributed by atoms with E-state index >= 15 is 0 Å². The number of hydrogen-bond donors (Lipinski definition) is 2. The fraction of sp³-hybridized carbons (Fsp3) is 0.458. The highest BCUT2D eigenvalue weighted by Crippen LogP contribution is 2.35. The number of amides is 1. The standard InChI is InChI=1S/C24H29FN2O2/c1-17(28)26-24(21-7-2-3-8-22(21)25)11-13-27(14-12-24)16-23(29)20-10-9-18-5-4-6-19(18)15-20/h2-3,7-10,15,23,29H,4-6,11-14,16H2,1H3,(H,26,28). The molecule has 4 nitrogen and oxygen atoms in total. The van der Waals surface area contributed by atoms with Gasteiger partial charge in [-0.3, -0.25) is 4.79 Å². The summed E-state index contributed by atoms with van der Waals surface area (Å²) in [5, 5.41) is 13.8. The lowest BCUT2D eigenvalue weighted by molar-refractivity contribution is -0.121. The zero-order valence-corrected chi connectivity index (χ0v) is 17.0. The van der Waals surface area contributed by atoms with Gasteiger partial charge in [0.15, 0.2) is 0 Å². The third-order valence-corrected chi connectivity index (χ3v) is 6.45. The Morgan fingerprint density at radius 3 is 2.62 bits per heavy atom. The normalized spacial score (nSPS) is 19.6. The number of hydrogen-bond acceptors (Lipinski definition) is 3. The number of halogens is 1. The van der Waals surface area contributed by atoms with Gasteiger partial charge in [0.2, 0.25) is 5.91 Å². The van der Waals surface area contributed by atoms with Crippen molar-refractivity contribution in [2.24, 2.45) is 0 Å². The van der Waals surface area contributed by atoms with Gasteiger partial charge in [-0.2, -0.15) is 0 Å². The first-order valence-electron chi connectivity index (χ1n) is 10.5. The number of aryl methyl sites for hydroxylation is 2. The van der Waals surface area contributed by atoms with E-state index < -0.39 is 11.6 Å². The second-order valence-electron chi connectivity index (χ2n) is 8.44. The van der Waals surface area contributed by atoms with Gasteiger partial charge < -0.3 is 15.3 Å². The Kier molecular flexibility index (Phi) is 5.70. The molecule has 0 saturated carbocycles. The van der Waals surface area contributed by atoms with E-state index in [1.807, 2.05) is 12.1 Å². The molecule has 0 aromatic heterocycles. The van der Waals surface area contributed by atoms with E-state index in [4.69, 9.17) is 0 Å². The van der Waals surface area contributed by atoms with Crippen LogP contribution in [0, 0.1) is 5.82 Å². The molecular weight excluding hydrogens is 367 g/mol. The van der Waals surface area contributed by atoms with Crippen LogP contribution in [-0.2, 0) is 23.2 Å². The number of benzene rings is 2. The Balaban J connectivity index is 1.44. The van der Waals surface area contributed by atoms with Crippen LogP contribution in [0.3, 0.4) is 0 Å². The van der Waals surface area contributed by atoms with Crippen molar-refractivity contribution in [2.45, 2.75) is 50.7 Å². The first-order valence-corrected chi connectivity index (χ1v) is 10.5. The molecule has 1 unspecified atom stereocenters. The van der Waals surface area contributed by atoms with Gasteiger partial charge in [0.05, 0.1) is 11.6 Å². The number of carbonyl (C=O) groups excluding carboxylic acids is 1. The van der Waals surface area contributed by atoms with Crippen LogP contribution in [-0.4, -0.2) is 35.5 Å². The van der Waals surface area contributed by atoms with E-state index in [0.717, 1.165) is 18.4 Å². The van der Waals surface area contributed by atoms with E-state index in [-0.39, 0.29) is 11.7 Å². The maximum atomic E-state index is 14.5. The van der Waals surface area contributed by atoms with Crippen molar-refractivity contribution < 1.29 is 14.3 Å². The average Bonchev–Trinajstić information content (AvgIpc) is 3.17. The van der Waals surface area contributed by atoms with Crippen molar-refractivity contribution in [3.8, 4) is 0 Å². The lowest BCUT2D eigenvalue weighted by Gasteiger charge is -2.43. The highest BCUT2D eigenvalue weighted by molar-refractivity contribution is 5.74. The van der Waals surface area contributed by atoms with Gasteiger partial charge in [-0.1, -0.05) is 36.4 Å². The largest absolute Gasteiger partial charge is 0.387 e. The summed E-state index contributed by atoms with van der Waals surface area (Å²) in [6, 6.07) is 13.0. The lowest BCUT2D eigenvalue weighted by Crippen LogP contribution is -2.53. The summed E-state index contributed by atoms with van der Waals surface area (Å²) in [6.45, 7) is 3.41. The quantitative estimate of drug-likeness (QED) is 0.814. The van der Waals surface area contributed by atoms with E-state index in [9.17, 15) is 14.3 Å². The Labute approximate surface area is 171 Å². The predicted octanol–water partition coefficient (Wildman–Crippen LogP) is 3.48. The summed E-state index contributed by atoms with van der Waals surface area (Å²) in [5.41, 5.74) is 3.60. The van der Waals surface area contributed by atoms with Crippen molar-refractivity contribution in [1.82, 2.24) is 10.2 Å². The number of aliphatic hydroxyl groups is 1. The highest BCUT2D eigenvalue weighted by Gasteiger charge is 2.39. The molecule has 29 heavy (non-hydrogen) atoms. The van der Waals surface area contributed by atoms with Crippen molar-refractivity contribution in [2.75, 3.05) is 19.6 Å². The molecule has 154 valence electrons. The molecule has 0 bridgehead atoms. The summed E-state index contributed by atoms with van der Waals surface area (Å²) in [6.07, 6.45) is 4.13. The Morgan fingerprint density at radius 1 is 1.17 bits per heavy atom. The molecule has 1 heterocycles. The van der Waals surface area contributed by atoms with Crippen LogP contribution in [0.2, 0.25) is 0 Å². The van der Waals surface area contributed by atoms with Crippen LogP contribution in [0.25, 0.3) is 0 Å². The zero-order chi connectivity index (χ0) is 20.4. The molecule has 4 rings (SSSR count). The van der Waals surface area contributed by atoms with Gasteiger partial charge in [0.1, 0.15) is 5.82 Å². The second-order valence-corrected chi connectivity index (χ2v) is 8.44. The number of nitrogens with zero attached hydrogens (tertiary/aromatic N) is 1. The molecule has 1 aliphatic carbocycles. The Morgan fingerprint density at radius 2 is 1.90 bits per heavy atom. The minimum Gasteiger partial charge on any atom is -0.387 e. The first kappa shape index (κ1) is 20.0. The van der Waals surface area contributed by atoms with Crippen LogP contribution in [0.5, 0.6) is 0 Å². The van der Waals surface area contributed by atoms with Crippen LogP contribution < -0.4 is 5.32 Å². The number of likely N-dealkylation sites (tertiary alicyclic amines) is 1. The molecule has 1 saturated heterocycles. The van der Waals surface area contributed by atoms with Crippen LogP contribution in [0.15, 0.2) is 42.5 Å². The van der Waals surface area contributed by atoms with Crippen molar-refractivity contribution in [1.29, 1.82) is 0 Å². The van der Waals surface area contributed by atoms with Gasteiger partial charge in [0.25, 0.3) is 0 Å². The number of carbonyl (C=O) groups is 1. The molecule has 2 aliphatic rings. The van der Waals surface area contributed by atoms with Gasteiger partial charge in [0, 0.05) is 32.1 Å². The van der Waals surface area contributed by atoms with E-state index in [2.05, 4.69) is 22.3 Å². The van der Waals surface area contributed by atoms with Crippen LogP contribution >= 0.6 is 0 Å². The average molecular weight is 397 g/mol. The number of aliphatic hydroxyl groups excluding tert-OH is 1. The summed E-state index contributed by atoms with van der Waals surface area (Å²) in [5.74, 6) is -0.437. The second kappa shape index (κ2) is 8.25. The monoisotopic (exact) mass is 396 g/mol. The molecular formula is C24H29FN2O2. The molecule has 0 spiro atoms. The number of fused-ring (bicyclic) bond motifs is 1. The minimum atomic E-state index is -0.688. The smallest absolute Gasteiger partial charge is 0.217 e. The topological polar surface area (TPSA) is 52.6 Å². The number of rotatable bonds is 5. The zero-order valence-electron chi connectivity index (χ0n) is 17.0. The van der Waals surface area contributed by atoms with E-state index in [1.54, 1.807) is 12.1 Å². The molecule has 2 aromatic rings. The van der Waals surface area contributed by atoms with E-state index in [0.29, 0.717) is 38.0 Å². The Hall–Kier alpha value is -2.24.